The Morgan fingerprint density at radius 1 is 1.05 bits per heavy atom. The Kier molecular flexibility index (Phi) is 3.85. The molecule has 0 aromatic carbocycles. The van der Waals surface area contributed by atoms with Crippen molar-refractivity contribution in [2.75, 3.05) is 11.4 Å². The second-order valence-electron chi connectivity index (χ2n) is 7.09. The van der Waals surface area contributed by atoms with Crippen molar-refractivity contribution in [3.8, 4) is 0 Å². The van der Waals surface area contributed by atoms with Crippen LogP contribution in [0.1, 0.15) is 57.1 Å². The highest BCUT2D eigenvalue weighted by Crippen LogP contribution is 2.37. The van der Waals surface area contributed by atoms with Crippen LogP contribution in [0.25, 0.3) is 0 Å². The van der Waals surface area contributed by atoms with Gasteiger partial charge in [-0.1, -0.05) is 18.9 Å². The molecule has 2 atom stereocenters. The highest BCUT2D eigenvalue weighted by Gasteiger charge is 2.33. The van der Waals surface area contributed by atoms with E-state index in [1.165, 1.54) is 69.4 Å². The van der Waals surface area contributed by atoms with Crippen LogP contribution >= 0.6 is 0 Å². The van der Waals surface area contributed by atoms with Crippen molar-refractivity contribution in [3.63, 3.8) is 0 Å². The van der Waals surface area contributed by atoms with Gasteiger partial charge in [-0.3, -0.25) is 0 Å². The summed E-state index contributed by atoms with van der Waals surface area (Å²) in [5, 5.41) is 3.58. The first kappa shape index (κ1) is 13.6. The predicted molar refractivity (Wildman–Crippen MR) is 86.4 cm³/mol. The van der Waals surface area contributed by atoms with Crippen LogP contribution in [0.15, 0.2) is 18.2 Å². The average molecular weight is 285 g/mol. The molecule has 4 rings (SSSR count). The van der Waals surface area contributed by atoms with Gasteiger partial charge in [0, 0.05) is 25.2 Å². The number of aromatic nitrogens is 1. The van der Waals surface area contributed by atoms with Gasteiger partial charge in [-0.15, -0.1) is 0 Å². The zero-order valence-electron chi connectivity index (χ0n) is 12.9. The van der Waals surface area contributed by atoms with Crippen LogP contribution in [0.2, 0.25) is 0 Å². The third-order valence-electron chi connectivity index (χ3n) is 5.48. The largest absolute Gasteiger partial charge is 0.353 e. The molecule has 2 heterocycles. The number of hydrogen-bond acceptors (Lipinski definition) is 3. The fourth-order valence-electron chi connectivity index (χ4n) is 4.17. The van der Waals surface area contributed by atoms with Crippen molar-refractivity contribution in [2.45, 2.75) is 70.0 Å². The first-order chi connectivity index (χ1) is 10.4. The van der Waals surface area contributed by atoms with E-state index >= 15 is 0 Å². The lowest BCUT2D eigenvalue weighted by atomic mass is 9.78. The number of nitrogens with zero attached hydrogens (tertiary/aromatic N) is 2. The number of fused-ring (bicyclic) bond motifs is 1. The van der Waals surface area contributed by atoms with Gasteiger partial charge in [-0.25, -0.2) is 4.98 Å². The van der Waals surface area contributed by atoms with E-state index in [1.54, 1.807) is 0 Å². The maximum absolute atomic E-state index is 4.95. The number of pyridine rings is 1. The molecule has 1 aliphatic heterocycles. The second-order valence-corrected chi connectivity index (χ2v) is 7.09. The number of nitrogens with one attached hydrogen (secondary N) is 1. The highest BCUT2D eigenvalue weighted by atomic mass is 15.2. The first-order valence-corrected chi connectivity index (χ1v) is 8.86. The Bertz CT molecular complexity index is 481. The van der Waals surface area contributed by atoms with Gasteiger partial charge in [0.1, 0.15) is 5.82 Å². The lowest BCUT2D eigenvalue weighted by Crippen LogP contribution is -2.47. The van der Waals surface area contributed by atoms with Gasteiger partial charge < -0.3 is 10.2 Å². The molecular formula is C18H27N3. The molecule has 114 valence electrons. The van der Waals surface area contributed by atoms with Gasteiger partial charge in [-0.2, -0.15) is 0 Å². The smallest absolute Gasteiger partial charge is 0.129 e. The van der Waals surface area contributed by atoms with Gasteiger partial charge in [0.25, 0.3) is 0 Å². The normalized spacial score (nSPS) is 29.2. The SMILES string of the molecule is c1cc(CNC2CC2)nc(N2CCC[C@H]3CCCC[C@H]32)c1. The molecule has 1 saturated heterocycles. The molecule has 21 heavy (non-hydrogen) atoms. The summed E-state index contributed by atoms with van der Waals surface area (Å²) >= 11 is 0. The van der Waals surface area contributed by atoms with Gasteiger partial charge >= 0.3 is 0 Å². The van der Waals surface area contributed by atoms with Crippen molar-refractivity contribution >= 4 is 5.82 Å². The maximum atomic E-state index is 4.95. The minimum absolute atomic E-state index is 0.756. The minimum Gasteiger partial charge on any atom is -0.353 e. The summed E-state index contributed by atoms with van der Waals surface area (Å²) in [6, 6.07) is 8.09. The molecule has 3 nitrogen and oxygen atoms in total. The lowest BCUT2D eigenvalue weighted by molar-refractivity contribution is 0.242. The first-order valence-electron chi connectivity index (χ1n) is 8.86. The standard InChI is InChI=1S/C18H27N3/c1-2-8-17-14(5-1)6-4-12-21(17)18-9-3-7-16(20-18)13-19-15-10-11-15/h3,7,9,14-15,17,19H,1-2,4-6,8,10-13H2/t14-,17-/m1/s1. The van der Waals surface area contributed by atoms with E-state index in [1.807, 2.05) is 0 Å². The molecule has 0 bridgehead atoms. The summed E-state index contributed by atoms with van der Waals surface area (Å²) in [7, 11) is 0. The molecule has 2 saturated carbocycles. The fraction of sp³-hybridized carbons (Fsp3) is 0.722. The number of anilines is 1. The zero-order valence-corrected chi connectivity index (χ0v) is 12.9. The monoisotopic (exact) mass is 285 g/mol. The van der Waals surface area contributed by atoms with E-state index < -0.39 is 0 Å². The van der Waals surface area contributed by atoms with Crippen LogP contribution < -0.4 is 10.2 Å². The van der Waals surface area contributed by atoms with Crippen LogP contribution in [0.5, 0.6) is 0 Å². The van der Waals surface area contributed by atoms with Gasteiger partial charge in [0.15, 0.2) is 0 Å². The summed E-state index contributed by atoms with van der Waals surface area (Å²) in [4.78, 5) is 7.57. The van der Waals surface area contributed by atoms with Gasteiger partial charge in [0.05, 0.1) is 5.69 Å². The topological polar surface area (TPSA) is 28.2 Å². The molecule has 1 aromatic heterocycles. The summed E-state index contributed by atoms with van der Waals surface area (Å²) in [6.07, 6.45) is 11.1. The summed E-state index contributed by atoms with van der Waals surface area (Å²) < 4.78 is 0. The third-order valence-corrected chi connectivity index (χ3v) is 5.48. The predicted octanol–water partition coefficient (Wildman–Crippen LogP) is 3.49. The van der Waals surface area contributed by atoms with Crippen LogP contribution in [-0.4, -0.2) is 23.6 Å². The molecule has 1 N–H and O–H groups in total. The van der Waals surface area contributed by atoms with Gasteiger partial charge in [-0.05, 0) is 56.6 Å². The molecule has 2 aliphatic carbocycles. The Labute approximate surface area is 128 Å². The zero-order chi connectivity index (χ0) is 14.1. The van der Waals surface area contributed by atoms with E-state index in [2.05, 4.69) is 28.4 Å². The van der Waals surface area contributed by atoms with Crippen molar-refractivity contribution < 1.29 is 0 Å². The van der Waals surface area contributed by atoms with E-state index in [4.69, 9.17) is 4.98 Å². The Hall–Kier alpha value is -1.09. The minimum atomic E-state index is 0.756. The van der Waals surface area contributed by atoms with Crippen molar-refractivity contribution in [2.24, 2.45) is 5.92 Å². The second kappa shape index (κ2) is 5.96. The fourth-order valence-corrected chi connectivity index (χ4v) is 4.17. The average Bonchev–Trinajstić information content (AvgIpc) is 3.37. The van der Waals surface area contributed by atoms with E-state index in [0.29, 0.717) is 0 Å². The Balaban J connectivity index is 1.49. The molecule has 3 aliphatic rings. The molecular weight excluding hydrogens is 258 g/mol. The van der Waals surface area contributed by atoms with E-state index in [9.17, 15) is 0 Å². The van der Waals surface area contributed by atoms with Crippen LogP contribution in [0.3, 0.4) is 0 Å². The molecule has 0 amide bonds. The van der Waals surface area contributed by atoms with Crippen molar-refractivity contribution in [1.29, 1.82) is 0 Å². The number of rotatable bonds is 4. The van der Waals surface area contributed by atoms with Crippen LogP contribution in [0, 0.1) is 5.92 Å². The summed E-state index contributed by atoms with van der Waals surface area (Å²) in [5.41, 5.74) is 1.21. The number of hydrogen-bond donors (Lipinski definition) is 1. The lowest BCUT2D eigenvalue weighted by Gasteiger charge is -2.44. The quantitative estimate of drug-likeness (QED) is 0.918. The van der Waals surface area contributed by atoms with Crippen LogP contribution in [-0.2, 0) is 6.54 Å². The van der Waals surface area contributed by atoms with Crippen molar-refractivity contribution in [3.05, 3.63) is 23.9 Å². The molecule has 1 aromatic rings. The Morgan fingerprint density at radius 2 is 1.90 bits per heavy atom. The maximum Gasteiger partial charge on any atom is 0.129 e. The molecule has 0 unspecified atom stereocenters. The van der Waals surface area contributed by atoms with Gasteiger partial charge in [0.2, 0.25) is 0 Å². The Morgan fingerprint density at radius 3 is 2.81 bits per heavy atom. The molecule has 0 spiro atoms. The summed E-state index contributed by atoms with van der Waals surface area (Å²) in [5.74, 6) is 2.14. The molecule has 3 heteroatoms. The van der Waals surface area contributed by atoms with Crippen LogP contribution in [0.4, 0.5) is 5.82 Å². The highest BCUT2D eigenvalue weighted by molar-refractivity contribution is 5.41. The van der Waals surface area contributed by atoms with E-state index in [0.717, 1.165) is 24.5 Å². The molecule has 0 radical (unpaired) electrons. The summed E-state index contributed by atoms with van der Waals surface area (Å²) in [6.45, 7) is 2.13. The third kappa shape index (κ3) is 3.08. The molecule has 3 fully saturated rings. The van der Waals surface area contributed by atoms with Crippen molar-refractivity contribution in [1.82, 2.24) is 10.3 Å². The van der Waals surface area contributed by atoms with E-state index in [-0.39, 0.29) is 0 Å². The number of piperidine rings is 1.